The van der Waals surface area contributed by atoms with E-state index in [4.69, 9.17) is 16.1 Å². The number of terminal acetylenes is 1. The number of nitrogens with zero attached hydrogens (tertiary/aromatic N) is 7. The number of fused-ring (bicyclic) bond motifs is 3. The molecule has 4 aromatic rings. The van der Waals surface area contributed by atoms with E-state index in [2.05, 4.69) is 34.5 Å². The van der Waals surface area contributed by atoms with Crippen LogP contribution in [0.1, 0.15) is 64.0 Å². The molecule has 282 valence electrons. The van der Waals surface area contributed by atoms with Crippen molar-refractivity contribution >= 4 is 33.4 Å². The highest BCUT2D eigenvalue weighted by Gasteiger charge is 2.47. The van der Waals surface area contributed by atoms with Crippen molar-refractivity contribution in [2.45, 2.75) is 69.9 Å². The Morgan fingerprint density at radius 2 is 1.89 bits per heavy atom. The number of phenolic OH excluding ortho intramolecular Hbond substituents is 1. The lowest BCUT2D eigenvalue weighted by atomic mass is 9.79. The van der Waals surface area contributed by atoms with Crippen molar-refractivity contribution in [3.63, 3.8) is 0 Å². The third-order valence-electron chi connectivity index (χ3n) is 12.1. The van der Waals surface area contributed by atoms with Gasteiger partial charge in [0.2, 0.25) is 5.91 Å². The molecule has 0 radical (unpaired) electrons. The van der Waals surface area contributed by atoms with Gasteiger partial charge in [-0.05, 0) is 113 Å². The number of hydrogen-bond donors (Lipinski definition) is 1. The Hall–Kier alpha value is -5.77. The molecule has 0 saturated carbocycles. The quantitative estimate of drug-likeness (QED) is 0.143. The number of benzene rings is 3. The Bertz CT molecular complexity index is 2380. The van der Waals surface area contributed by atoms with Gasteiger partial charge in [-0.25, -0.2) is 8.78 Å². The van der Waals surface area contributed by atoms with E-state index in [1.807, 2.05) is 6.92 Å². The van der Waals surface area contributed by atoms with Gasteiger partial charge in [-0.1, -0.05) is 18.6 Å². The maximum Gasteiger partial charge on any atom is 0.319 e. The van der Waals surface area contributed by atoms with Crippen molar-refractivity contribution in [2.24, 2.45) is 5.41 Å². The summed E-state index contributed by atoms with van der Waals surface area (Å²) in [5.41, 5.74) is -2.40. The number of amides is 1. The van der Waals surface area contributed by atoms with Crippen molar-refractivity contribution in [1.82, 2.24) is 19.8 Å². The van der Waals surface area contributed by atoms with Crippen LogP contribution in [-0.4, -0.2) is 82.2 Å². The van der Waals surface area contributed by atoms with Gasteiger partial charge in [0.15, 0.2) is 5.82 Å². The van der Waals surface area contributed by atoms with Crippen LogP contribution in [0.25, 0.3) is 32.8 Å². The van der Waals surface area contributed by atoms with Gasteiger partial charge in [0.1, 0.15) is 29.5 Å². The number of rotatable bonds is 9. The number of likely N-dealkylation sites (N-methyl/N-ethyl adjacent to an activating group) is 1. The number of aromatic nitrogens is 2. The minimum Gasteiger partial charge on any atom is -0.508 e. The molecule has 0 spiro atoms. The molecule has 3 fully saturated rings. The lowest BCUT2D eigenvalue weighted by molar-refractivity contribution is -0.127. The predicted octanol–water partition coefficient (Wildman–Crippen LogP) is 6.98. The minimum atomic E-state index is -1.33. The number of anilines is 1. The van der Waals surface area contributed by atoms with E-state index in [9.17, 15) is 20.4 Å². The molecule has 12 heteroatoms. The van der Waals surface area contributed by atoms with Gasteiger partial charge in [-0.3, -0.25) is 9.69 Å². The Kier molecular flexibility index (Phi) is 9.43. The number of likely N-dealkylation sites (tertiary alicyclic amines) is 1. The highest BCUT2D eigenvalue weighted by Crippen LogP contribution is 2.46. The van der Waals surface area contributed by atoms with E-state index >= 15 is 8.78 Å². The van der Waals surface area contributed by atoms with Gasteiger partial charge in [0, 0.05) is 36.5 Å². The summed E-state index contributed by atoms with van der Waals surface area (Å²) in [7, 11) is 1.75. The Balaban J connectivity index is 1.48. The number of carbonyl (C=O) groups is 1. The van der Waals surface area contributed by atoms with Crippen LogP contribution in [-0.2, 0) is 10.2 Å². The minimum absolute atomic E-state index is 0.0655. The molecular weight excluding hydrogens is 701 g/mol. The second kappa shape index (κ2) is 13.8. The van der Waals surface area contributed by atoms with Crippen LogP contribution in [0, 0.1) is 52.1 Å². The van der Waals surface area contributed by atoms with Gasteiger partial charge < -0.3 is 19.6 Å². The van der Waals surface area contributed by atoms with Crippen molar-refractivity contribution in [1.29, 1.82) is 10.5 Å². The molecule has 55 heavy (non-hydrogen) atoms. The fraction of sp³-hybridized carbons (Fsp3) is 0.419. The second-order valence-corrected chi connectivity index (χ2v) is 15.9. The first kappa shape index (κ1) is 37.5. The van der Waals surface area contributed by atoms with Crippen LogP contribution in [0.15, 0.2) is 43.0 Å². The number of hydrogen-bond acceptors (Lipinski definition) is 9. The highest BCUT2D eigenvalue weighted by molar-refractivity contribution is 6.05. The van der Waals surface area contributed by atoms with Crippen LogP contribution in [0.5, 0.6) is 11.8 Å². The van der Waals surface area contributed by atoms with Crippen molar-refractivity contribution in [3.05, 3.63) is 65.7 Å². The summed E-state index contributed by atoms with van der Waals surface area (Å²) in [6.45, 7) is 11.5. The lowest BCUT2D eigenvalue weighted by Gasteiger charge is -2.34. The first-order chi connectivity index (χ1) is 26.2. The molecule has 3 saturated heterocycles. The standard InChI is InChI=1S/C43H43F2N7O3/c1-7-28-32(44)12-11-26-19-27(53)20-29(35(26)28)36-31(41(3,4)23-46)21-30-38(37(36)45)48-40(55-25-43-13-9-16-51(43)17-10-14-43)49-39(30)50(6)22-33-42(5,24-47)15-18-52(33)34(54)8-2/h1,8,11-12,19-21,33,53H,2,9-10,13-18,22,25H2,3-6H3/t33-,42?/m1/s1. The summed E-state index contributed by atoms with van der Waals surface area (Å²) in [5, 5.41) is 32.5. The third-order valence-corrected chi connectivity index (χ3v) is 12.1. The molecule has 1 N–H and O–H groups in total. The molecule has 2 atom stereocenters. The zero-order chi connectivity index (χ0) is 39.4. The van der Waals surface area contributed by atoms with Gasteiger partial charge in [0.25, 0.3) is 0 Å². The monoisotopic (exact) mass is 743 g/mol. The summed E-state index contributed by atoms with van der Waals surface area (Å²) in [4.78, 5) is 28.4. The van der Waals surface area contributed by atoms with Crippen LogP contribution in [0.4, 0.5) is 14.6 Å². The summed E-state index contributed by atoms with van der Waals surface area (Å²) in [6, 6.07) is 11.1. The first-order valence-corrected chi connectivity index (χ1v) is 18.5. The fourth-order valence-electron chi connectivity index (χ4n) is 8.96. The van der Waals surface area contributed by atoms with Gasteiger partial charge in [0.05, 0.1) is 40.1 Å². The maximum absolute atomic E-state index is 17.8. The lowest BCUT2D eigenvalue weighted by Crippen LogP contribution is -2.47. The van der Waals surface area contributed by atoms with Gasteiger partial charge in [-0.2, -0.15) is 20.5 Å². The highest BCUT2D eigenvalue weighted by atomic mass is 19.1. The molecule has 3 aliphatic rings. The summed E-state index contributed by atoms with van der Waals surface area (Å²) < 4.78 is 39.5. The SMILES string of the molecule is C#Cc1c(F)ccc2cc(O)cc(-c3c(C(C)(C)C#N)cc4c(N(C)C[C@H]5N(C(=O)C=C)CCC5(C)C#N)nc(OCC56CCCN5CCC6)nc4c3F)c12. The Morgan fingerprint density at radius 3 is 2.55 bits per heavy atom. The zero-order valence-corrected chi connectivity index (χ0v) is 31.5. The maximum atomic E-state index is 17.8. The van der Waals surface area contributed by atoms with E-state index in [1.165, 1.54) is 30.3 Å². The largest absolute Gasteiger partial charge is 0.508 e. The predicted molar refractivity (Wildman–Crippen MR) is 206 cm³/mol. The van der Waals surface area contributed by atoms with Gasteiger partial charge in [-0.15, -0.1) is 6.42 Å². The number of ether oxygens (including phenoxy) is 1. The van der Waals surface area contributed by atoms with Gasteiger partial charge >= 0.3 is 6.01 Å². The van der Waals surface area contributed by atoms with Crippen LogP contribution >= 0.6 is 0 Å². The fourth-order valence-corrected chi connectivity index (χ4v) is 8.96. The van der Waals surface area contributed by atoms with E-state index in [1.54, 1.807) is 36.8 Å². The van der Waals surface area contributed by atoms with Crippen LogP contribution < -0.4 is 9.64 Å². The summed E-state index contributed by atoms with van der Waals surface area (Å²) in [6.07, 6.45) is 11.5. The number of carbonyl (C=O) groups excluding carboxylic acids is 1. The smallest absolute Gasteiger partial charge is 0.319 e. The number of phenols is 1. The molecule has 0 aliphatic carbocycles. The van der Waals surface area contributed by atoms with E-state index < -0.39 is 28.5 Å². The van der Waals surface area contributed by atoms with Crippen LogP contribution in [0.3, 0.4) is 0 Å². The van der Waals surface area contributed by atoms with Crippen LogP contribution in [0.2, 0.25) is 0 Å². The van der Waals surface area contributed by atoms with Crippen molar-refractivity contribution in [3.8, 4) is 47.4 Å². The molecule has 1 amide bonds. The number of aromatic hydroxyl groups is 1. The second-order valence-electron chi connectivity index (χ2n) is 15.9. The first-order valence-electron chi connectivity index (χ1n) is 18.5. The third kappa shape index (κ3) is 6.17. The molecule has 1 aromatic heterocycles. The molecule has 4 heterocycles. The average Bonchev–Trinajstić information content (AvgIpc) is 3.86. The molecule has 10 nitrogen and oxygen atoms in total. The molecule has 3 aliphatic heterocycles. The molecule has 7 rings (SSSR count). The van der Waals surface area contributed by atoms with E-state index in [-0.39, 0.29) is 74.1 Å². The van der Waals surface area contributed by atoms with E-state index in [0.29, 0.717) is 25.0 Å². The summed E-state index contributed by atoms with van der Waals surface area (Å²) in [5.74, 6) is 0.606. The topological polar surface area (TPSA) is 130 Å². The number of nitriles is 2. The molecule has 3 aromatic carbocycles. The van der Waals surface area contributed by atoms with E-state index in [0.717, 1.165) is 38.8 Å². The Morgan fingerprint density at radius 1 is 1.16 bits per heavy atom. The molecular formula is C43H43F2N7O3. The summed E-state index contributed by atoms with van der Waals surface area (Å²) >= 11 is 0. The van der Waals surface area contributed by atoms with Crippen molar-refractivity contribution in [2.75, 3.05) is 44.7 Å². The van der Waals surface area contributed by atoms with Crippen molar-refractivity contribution < 1.29 is 23.4 Å². The molecule has 0 bridgehead atoms. The molecule has 1 unspecified atom stereocenters. The number of halogens is 2. The zero-order valence-electron chi connectivity index (χ0n) is 31.5. The Labute approximate surface area is 319 Å². The average molecular weight is 744 g/mol. The normalized spacial score (nSPS) is 20.6.